The van der Waals surface area contributed by atoms with Gasteiger partial charge in [0, 0.05) is 18.6 Å². The van der Waals surface area contributed by atoms with Gasteiger partial charge in [-0.15, -0.1) is 0 Å². The molecule has 1 aromatic heterocycles. The molecule has 2 aromatic rings. The van der Waals surface area contributed by atoms with Gasteiger partial charge in [0.2, 0.25) is 5.43 Å². The minimum atomic E-state index is -1.27. The van der Waals surface area contributed by atoms with Gasteiger partial charge in [0.25, 0.3) is 0 Å². The van der Waals surface area contributed by atoms with Gasteiger partial charge < -0.3 is 9.67 Å². The van der Waals surface area contributed by atoms with E-state index in [0.29, 0.717) is 10.5 Å². The highest BCUT2D eigenvalue weighted by molar-refractivity contribution is 6.45. The summed E-state index contributed by atoms with van der Waals surface area (Å²) in [4.78, 5) is 22.8. The van der Waals surface area contributed by atoms with Crippen molar-refractivity contribution in [1.29, 1.82) is 0 Å². The molecular weight excluding hydrogens is 265 g/mol. The lowest BCUT2D eigenvalue weighted by atomic mass is 10.1. The van der Waals surface area contributed by atoms with Crippen molar-refractivity contribution in [3.05, 3.63) is 44.2 Å². The highest BCUT2D eigenvalue weighted by atomic mass is 35.5. The maximum absolute atomic E-state index is 11.9. The number of hydrogen-bond acceptors (Lipinski definition) is 2. The smallest absolute Gasteiger partial charge is 0.341 e. The Balaban J connectivity index is 3.03. The number of pyridine rings is 1. The Bertz CT molecular complexity index is 691. The van der Waals surface area contributed by atoms with Gasteiger partial charge >= 0.3 is 5.97 Å². The van der Waals surface area contributed by atoms with Crippen molar-refractivity contribution in [3.63, 3.8) is 0 Å². The summed E-state index contributed by atoms with van der Waals surface area (Å²) in [7, 11) is 1.61. The second kappa shape index (κ2) is 4.05. The molecule has 0 atom stereocenters. The number of aromatic carboxylic acids is 1. The van der Waals surface area contributed by atoms with Crippen LogP contribution < -0.4 is 5.43 Å². The fourth-order valence-electron chi connectivity index (χ4n) is 1.68. The Morgan fingerprint density at radius 3 is 2.59 bits per heavy atom. The van der Waals surface area contributed by atoms with Gasteiger partial charge in [-0.1, -0.05) is 23.2 Å². The highest BCUT2D eigenvalue weighted by Gasteiger charge is 2.15. The summed E-state index contributed by atoms with van der Waals surface area (Å²) in [6.45, 7) is 0. The zero-order chi connectivity index (χ0) is 12.7. The van der Waals surface area contributed by atoms with Crippen molar-refractivity contribution in [1.82, 2.24) is 4.57 Å². The Morgan fingerprint density at radius 2 is 2.00 bits per heavy atom. The molecule has 88 valence electrons. The molecule has 0 saturated heterocycles. The van der Waals surface area contributed by atoms with Crippen LogP contribution in [-0.2, 0) is 7.05 Å². The first-order valence-corrected chi connectivity index (χ1v) is 5.39. The molecule has 0 spiro atoms. The summed E-state index contributed by atoms with van der Waals surface area (Å²) in [5.74, 6) is -1.27. The summed E-state index contributed by atoms with van der Waals surface area (Å²) in [6, 6.07) is 2.94. The molecular formula is C11H7Cl2NO3. The maximum atomic E-state index is 11.9. The van der Waals surface area contributed by atoms with Crippen LogP contribution in [0.2, 0.25) is 10.0 Å². The molecule has 4 nitrogen and oxygen atoms in total. The van der Waals surface area contributed by atoms with Crippen LogP contribution in [-0.4, -0.2) is 15.6 Å². The predicted molar refractivity (Wildman–Crippen MR) is 66.2 cm³/mol. The number of aromatic nitrogens is 1. The summed E-state index contributed by atoms with van der Waals surface area (Å²) in [5.41, 5.74) is -0.434. The van der Waals surface area contributed by atoms with Crippen LogP contribution in [0.5, 0.6) is 0 Å². The van der Waals surface area contributed by atoms with Crippen molar-refractivity contribution >= 4 is 40.1 Å². The molecule has 1 N–H and O–H groups in total. The van der Waals surface area contributed by atoms with E-state index >= 15 is 0 Å². The van der Waals surface area contributed by atoms with Gasteiger partial charge in [0.05, 0.1) is 15.6 Å². The van der Waals surface area contributed by atoms with Gasteiger partial charge in [0.1, 0.15) is 5.56 Å². The first kappa shape index (κ1) is 12.0. The molecule has 0 bridgehead atoms. The minimum absolute atomic E-state index is 0.237. The van der Waals surface area contributed by atoms with E-state index in [-0.39, 0.29) is 16.0 Å². The first-order valence-electron chi connectivity index (χ1n) is 4.64. The second-order valence-electron chi connectivity index (χ2n) is 3.55. The molecule has 0 aliphatic carbocycles. The molecule has 1 aromatic carbocycles. The number of fused-ring (bicyclic) bond motifs is 1. The number of nitrogens with zero attached hydrogens (tertiary/aromatic N) is 1. The Morgan fingerprint density at radius 1 is 1.35 bits per heavy atom. The zero-order valence-electron chi connectivity index (χ0n) is 8.70. The molecule has 6 heteroatoms. The second-order valence-corrected chi connectivity index (χ2v) is 4.33. The van der Waals surface area contributed by atoms with E-state index < -0.39 is 11.4 Å². The van der Waals surface area contributed by atoms with E-state index in [2.05, 4.69) is 0 Å². The molecule has 0 unspecified atom stereocenters. The van der Waals surface area contributed by atoms with E-state index in [0.717, 1.165) is 0 Å². The average Bonchev–Trinajstić information content (AvgIpc) is 2.26. The maximum Gasteiger partial charge on any atom is 0.341 e. The average molecular weight is 272 g/mol. The molecule has 0 radical (unpaired) electrons. The third kappa shape index (κ3) is 1.79. The molecule has 17 heavy (non-hydrogen) atoms. The van der Waals surface area contributed by atoms with Crippen molar-refractivity contribution < 1.29 is 9.90 Å². The summed E-state index contributed by atoms with van der Waals surface area (Å²) in [5, 5.41) is 9.69. The Labute approximate surface area is 106 Å². The number of carboxylic acids is 1. The van der Waals surface area contributed by atoms with Crippen LogP contribution in [0.25, 0.3) is 10.9 Å². The Hall–Kier alpha value is -1.52. The van der Waals surface area contributed by atoms with Crippen LogP contribution in [0.1, 0.15) is 10.4 Å². The number of benzene rings is 1. The van der Waals surface area contributed by atoms with Crippen LogP contribution in [0, 0.1) is 0 Å². The third-order valence-electron chi connectivity index (χ3n) is 2.46. The number of hydrogen-bond donors (Lipinski definition) is 1. The monoisotopic (exact) mass is 271 g/mol. The van der Waals surface area contributed by atoms with Crippen LogP contribution >= 0.6 is 23.2 Å². The Kier molecular flexibility index (Phi) is 2.85. The van der Waals surface area contributed by atoms with E-state index in [1.807, 2.05) is 0 Å². The SMILES string of the molecule is Cn1cc(C(=O)O)c(=O)c2ccc(Cl)c(Cl)c21. The van der Waals surface area contributed by atoms with Crippen LogP contribution in [0.15, 0.2) is 23.1 Å². The lowest BCUT2D eigenvalue weighted by Crippen LogP contribution is -2.18. The molecule has 0 aliphatic heterocycles. The lowest BCUT2D eigenvalue weighted by Gasteiger charge is -2.09. The van der Waals surface area contributed by atoms with Gasteiger partial charge in [-0.3, -0.25) is 4.79 Å². The van der Waals surface area contributed by atoms with Gasteiger partial charge in [0.15, 0.2) is 0 Å². The van der Waals surface area contributed by atoms with Crippen molar-refractivity contribution in [2.24, 2.45) is 7.05 Å². The summed E-state index contributed by atoms with van der Waals surface area (Å²) < 4.78 is 1.48. The van der Waals surface area contributed by atoms with E-state index in [9.17, 15) is 9.59 Å². The van der Waals surface area contributed by atoms with E-state index in [4.69, 9.17) is 28.3 Å². The van der Waals surface area contributed by atoms with Crippen molar-refractivity contribution in [2.75, 3.05) is 0 Å². The lowest BCUT2D eigenvalue weighted by molar-refractivity contribution is 0.0695. The molecule has 0 amide bonds. The number of aryl methyl sites for hydroxylation is 1. The molecule has 0 fully saturated rings. The number of rotatable bonds is 1. The van der Waals surface area contributed by atoms with Crippen molar-refractivity contribution in [3.8, 4) is 0 Å². The molecule has 0 aliphatic rings. The summed E-state index contributed by atoms with van der Waals surface area (Å²) >= 11 is 11.8. The highest BCUT2D eigenvalue weighted by Crippen LogP contribution is 2.29. The number of carbonyl (C=O) groups is 1. The number of carboxylic acid groups (broad SMARTS) is 1. The van der Waals surface area contributed by atoms with Crippen molar-refractivity contribution in [2.45, 2.75) is 0 Å². The number of halogens is 2. The fraction of sp³-hybridized carbons (Fsp3) is 0.0909. The van der Waals surface area contributed by atoms with Gasteiger partial charge in [-0.2, -0.15) is 0 Å². The van der Waals surface area contributed by atoms with Gasteiger partial charge in [-0.05, 0) is 12.1 Å². The quantitative estimate of drug-likeness (QED) is 0.867. The minimum Gasteiger partial charge on any atom is -0.477 e. The first-order chi connectivity index (χ1) is 7.93. The van der Waals surface area contributed by atoms with E-state index in [1.165, 1.54) is 22.9 Å². The zero-order valence-corrected chi connectivity index (χ0v) is 10.2. The molecule has 1 heterocycles. The van der Waals surface area contributed by atoms with Crippen LogP contribution in [0.3, 0.4) is 0 Å². The van der Waals surface area contributed by atoms with E-state index in [1.54, 1.807) is 7.05 Å². The standard InChI is InChI=1S/C11H7Cl2NO3/c1-14-4-6(11(16)17)10(15)5-2-3-7(12)8(13)9(5)14/h2-4H,1H3,(H,16,17). The van der Waals surface area contributed by atoms with Crippen LogP contribution in [0.4, 0.5) is 0 Å². The normalized spacial score (nSPS) is 10.8. The predicted octanol–water partition coefficient (Wildman–Crippen LogP) is 2.54. The fourth-order valence-corrected chi connectivity index (χ4v) is 2.13. The molecule has 2 rings (SSSR count). The summed E-state index contributed by atoms with van der Waals surface area (Å²) in [6.07, 6.45) is 1.23. The topological polar surface area (TPSA) is 59.3 Å². The molecule has 0 saturated carbocycles. The largest absolute Gasteiger partial charge is 0.477 e. The van der Waals surface area contributed by atoms with Gasteiger partial charge in [-0.25, -0.2) is 4.79 Å². The third-order valence-corrected chi connectivity index (χ3v) is 3.26.